The summed E-state index contributed by atoms with van der Waals surface area (Å²) in [6.07, 6.45) is 0.866. The molecule has 12 heavy (non-hydrogen) atoms. The summed E-state index contributed by atoms with van der Waals surface area (Å²) in [6.45, 7) is 0.858. The molecule has 0 aromatic carbocycles. The van der Waals surface area contributed by atoms with Gasteiger partial charge in [0.25, 0.3) is 0 Å². The van der Waals surface area contributed by atoms with Gasteiger partial charge in [0.1, 0.15) is 5.25 Å². The summed E-state index contributed by atoms with van der Waals surface area (Å²) in [6, 6.07) is 0. The molecule has 0 aliphatic rings. The summed E-state index contributed by atoms with van der Waals surface area (Å²) < 4.78 is 4.83. The van der Waals surface area contributed by atoms with Crippen molar-refractivity contribution in [3.05, 3.63) is 0 Å². The van der Waals surface area contributed by atoms with Gasteiger partial charge >= 0.3 is 5.97 Å². The molecule has 1 atom stereocenters. The van der Waals surface area contributed by atoms with E-state index in [1.807, 2.05) is 0 Å². The quantitative estimate of drug-likeness (QED) is 0.564. The topological polar surface area (TPSA) is 72.5 Å². The molecule has 0 rings (SSSR count). The van der Waals surface area contributed by atoms with E-state index in [4.69, 9.17) is 15.6 Å². The highest BCUT2D eigenvalue weighted by Gasteiger charge is 2.14. The number of rotatable bonds is 7. The number of hydrogen-bond donors (Lipinski definition) is 2. The van der Waals surface area contributed by atoms with Crippen LogP contribution in [-0.4, -0.2) is 42.3 Å². The monoisotopic (exact) mass is 193 g/mol. The second kappa shape index (κ2) is 7.39. The predicted octanol–water partition coefficient (Wildman–Crippen LogP) is 0.168. The van der Waals surface area contributed by atoms with E-state index in [9.17, 15) is 4.79 Å². The first-order valence-electron chi connectivity index (χ1n) is 3.75. The zero-order valence-corrected chi connectivity index (χ0v) is 7.97. The van der Waals surface area contributed by atoms with Crippen LogP contribution in [-0.2, 0) is 9.53 Å². The second-order valence-electron chi connectivity index (χ2n) is 2.28. The maximum atomic E-state index is 10.5. The molecule has 0 fully saturated rings. The van der Waals surface area contributed by atoms with E-state index in [1.54, 1.807) is 7.11 Å². The van der Waals surface area contributed by atoms with Gasteiger partial charge in [-0.3, -0.25) is 4.79 Å². The van der Waals surface area contributed by atoms with E-state index in [0.717, 1.165) is 12.2 Å². The van der Waals surface area contributed by atoms with E-state index < -0.39 is 11.2 Å². The Kier molecular flexibility index (Phi) is 7.23. The Hall–Kier alpha value is -0.260. The highest BCUT2D eigenvalue weighted by molar-refractivity contribution is 8.00. The number of methoxy groups -OCH3 is 1. The molecule has 5 heteroatoms. The van der Waals surface area contributed by atoms with Crippen LogP contribution in [0.3, 0.4) is 0 Å². The minimum absolute atomic E-state index is 0.187. The van der Waals surface area contributed by atoms with Gasteiger partial charge in [-0.25, -0.2) is 0 Å². The number of aliphatic carboxylic acids is 1. The molecule has 0 saturated carbocycles. The fourth-order valence-corrected chi connectivity index (χ4v) is 1.52. The molecule has 3 N–H and O–H groups in total. The summed E-state index contributed by atoms with van der Waals surface area (Å²) in [7, 11) is 1.63. The third kappa shape index (κ3) is 5.40. The highest BCUT2D eigenvalue weighted by Crippen LogP contribution is 2.10. The van der Waals surface area contributed by atoms with Crippen LogP contribution in [0.2, 0.25) is 0 Å². The second-order valence-corrected chi connectivity index (χ2v) is 3.59. The average molecular weight is 193 g/mol. The van der Waals surface area contributed by atoms with Crippen molar-refractivity contribution in [3.63, 3.8) is 0 Å². The fraction of sp³-hybridized carbons (Fsp3) is 0.857. The normalized spacial score (nSPS) is 12.8. The van der Waals surface area contributed by atoms with Crippen molar-refractivity contribution in [2.75, 3.05) is 26.0 Å². The molecular formula is C7H15NO3S. The molecule has 72 valence electrons. The van der Waals surface area contributed by atoms with Crippen LogP contribution in [0, 0.1) is 0 Å². The Labute approximate surface area is 76.5 Å². The van der Waals surface area contributed by atoms with E-state index in [-0.39, 0.29) is 6.54 Å². The van der Waals surface area contributed by atoms with Crippen molar-refractivity contribution in [3.8, 4) is 0 Å². The summed E-state index contributed by atoms with van der Waals surface area (Å²) in [4.78, 5) is 10.5. The van der Waals surface area contributed by atoms with Crippen LogP contribution in [0.25, 0.3) is 0 Å². The summed E-state index contributed by atoms with van der Waals surface area (Å²) >= 11 is 1.37. The van der Waals surface area contributed by atoms with Crippen LogP contribution in [0.15, 0.2) is 0 Å². The molecule has 4 nitrogen and oxygen atoms in total. The van der Waals surface area contributed by atoms with Gasteiger partial charge < -0.3 is 15.6 Å². The molecule has 0 heterocycles. The van der Waals surface area contributed by atoms with Crippen molar-refractivity contribution in [2.45, 2.75) is 11.7 Å². The lowest BCUT2D eigenvalue weighted by atomic mass is 10.4. The van der Waals surface area contributed by atoms with Crippen molar-refractivity contribution < 1.29 is 14.6 Å². The number of thioether (sulfide) groups is 1. The lowest BCUT2D eigenvalue weighted by molar-refractivity contribution is -0.136. The minimum Gasteiger partial charge on any atom is -0.480 e. The lowest BCUT2D eigenvalue weighted by Gasteiger charge is -2.08. The van der Waals surface area contributed by atoms with Gasteiger partial charge in [0.15, 0.2) is 0 Å². The molecule has 0 radical (unpaired) electrons. The molecule has 0 aromatic rings. The molecule has 0 aromatic heterocycles. The van der Waals surface area contributed by atoms with Crippen LogP contribution in [0.1, 0.15) is 6.42 Å². The van der Waals surface area contributed by atoms with E-state index >= 15 is 0 Å². The third-order valence-electron chi connectivity index (χ3n) is 1.30. The minimum atomic E-state index is -0.833. The van der Waals surface area contributed by atoms with Crippen molar-refractivity contribution >= 4 is 17.7 Å². The summed E-state index contributed by atoms with van der Waals surface area (Å²) in [5.41, 5.74) is 5.26. The maximum absolute atomic E-state index is 10.5. The zero-order valence-electron chi connectivity index (χ0n) is 7.16. The Morgan fingerprint density at radius 2 is 2.42 bits per heavy atom. The van der Waals surface area contributed by atoms with Gasteiger partial charge in [-0.05, 0) is 12.2 Å². The largest absolute Gasteiger partial charge is 0.480 e. The highest BCUT2D eigenvalue weighted by atomic mass is 32.2. The molecule has 0 bridgehead atoms. The first kappa shape index (κ1) is 11.7. The number of ether oxygens (including phenoxy) is 1. The van der Waals surface area contributed by atoms with Crippen molar-refractivity contribution in [2.24, 2.45) is 5.73 Å². The standard InChI is InChI=1S/C7H15NO3S/c1-11-3-2-4-12-6(5-8)7(9)10/h6H,2-5,8H2,1H3,(H,9,10). The van der Waals surface area contributed by atoms with Crippen LogP contribution >= 0.6 is 11.8 Å². The van der Waals surface area contributed by atoms with Crippen LogP contribution in [0.5, 0.6) is 0 Å². The van der Waals surface area contributed by atoms with Crippen molar-refractivity contribution in [1.82, 2.24) is 0 Å². The van der Waals surface area contributed by atoms with Crippen LogP contribution < -0.4 is 5.73 Å². The number of nitrogens with two attached hydrogens (primary N) is 1. The summed E-state index contributed by atoms with van der Waals surface area (Å²) in [5, 5.41) is 8.13. The Morgan fingerprint density at radius 1 is 1.75 bits per heavy atom. The third-order valence-corrected chi connectivity index (χ3v) is 2.62. The van der Waals surface area contributed by atoms with Gasteiger partial charge in [-0.2, -0.15) is 0 Å². The van der Waals surface area contributed by atoms with Crippen LogP contribution in [0.4, 0.5) is 0 Å². The van der Waals surface area contributed by atoms with E-state index in [0.29, 0.717) is 6.61 Å². The van der Waals surface area contributed by atoms with E-state index in [1.165, 1.54) is 11.8 Å². The first-order chi connectivity index (χ1) is 5.72. The Balaban J connectivity index is 3.38. The molecule has 1 unspecified atom stereocenters. The number of carboxylic acids is 1. The molecule has 0 amide bonds. The molecule has 0 aliphatic heterocycles. The Bertz CT molecular complexity index is 132. The Morgan fingerprint density at radius 3 is 2.83 bits per heavy atom. The maximum Gasteiger partial charge on any atom is 0.317 e. The van der Waals surface area contributed by atoms with E-state index in [2.05, 4.69) is 0 Å². The molecule has 0 saturated heterocycles. The van der Waals surface area contributed by atoms with Gasteiger partial charge in [0.2, 0.25) is 0 Å². The number of hydrogen-bond acceptors (Lipinski definition) is 4. The van der Waals surface area contributed by atoms with Gasteiger partial charge in [-0.1, -0.05) is 0 Å². The smallest absolute Gasteiger partial charge is 0.317 e. The molecule has 0 aliphatic carbocycles. The lowest BCUT2D eigenvalue weighted by Crippen LogP contribution is -2.26. The van der Waals surface area contributed by atoms with Crippen molar-refractivity contribution in [1.29, 1.82) is 0 Å². The SMILES string of the molecule is COCCCSC(CN)C(=O)O. The average Bonchev–Trinajstić information content (AvgIpc) is 2.04. The molecule has 0 spiro atoms. The number of carbonyl (C=O) groups is 1. The van der Waals surface area contributed by atoms with Gasteiger partial charge in [-0.15, -0.1) is 11.8 Å². The summed E-state index contributed by atoms with van der Waals surface area (Å²) in [5.74, 6) is -0.0536. The zero-order chi connectivity index (χ0) is 9.40. The predicted molar refractivity (Wildman–Crippen MR) is 49.4 cm³/mol. The number of carboxylic acid groups (broad SMARTS) is 1. The van der Waals surface area contributed by atoms with Gasteiger partial charge in [0.05, 0.1) is 0 Å². The fourth-order valence-electron chi connectivity index (χ4n) is 0.669. The van der Waals surface area contributed by atoms with Gasteiger partial charge in [0, 0.05) is 20.3 Å². The first-order valence-corrected chi connectivity index (χ1v) is 4.80. The molecular weight excluding hydrogens is 178 g/mol.